The fourth-order valence-corrected chi connectivity index (χ4v) is 2.64. The number of nitrogens with one attached hydrogen (secondary N) is 2. The van der Waals surface area contributed by atoms with E-state index in [1.54, 1.807) is 19.1 Å². The number of hydrogen-bond donors (Lipinski definition) is 2. The summed E-state index contributed by atoms with van der Waals surface area (Å²) in [6.07, 6.45) is -0.857. The minimum atomic E-state index is -0.857. The Morgan fingerprint density at radius 1 is 0.867 bits per heavy atom. The predicted molar refractivity (Wildman–Crippen MR) is 111 cm³/mol. The lowest BCUT2D eigenvalue weighted by atomic mass is 10.1. The van der Waals surface area contributed by atoms with E-state index < -0.39 is 22.8 Å². The van der Waals surface area contributed by atoms with Gasteiger partial charge in [-0.2, -0.15) is 0 Å². The van der Waals surface area contributed by atoms with Crippen molar-refractivity contribution in [1.82, 2.24) is 10.9 Å². The fourth-order valence-electron chi connectivity index (χ4n) is 2.64. The molecular formula is C22H19N3O5. The van der Waals surface area contributed by atoms with Gasteiger partial charge < -0.3 is 4.74 Å². The second-order valence-corrected chi connectivity index (χ2v) is 6.40. The first-order valence-corrected chi connectivity index (χ1v) is 9.11. The van der Waals surface area contributed by atoms with Gasteiger partial charge in [0.15, 0.2) is 6.10 Å². The van der Waals surface area contributed by atoms with E-state index >= 15 is 0 Å². The van der Waals surface area contributed by atoms with Crippen molar-refractivity contribution >= 4 is 17.5 Å². The normalized spacial score (nSPS) is 11.2. The maximum absolute atomic E-state index is 12.2. The van der Waals surface area contributed by atoms with Gasteiger partial charge in [0, 0.05) is 17.7 Å². The topological polar surface area (TPSA) is 111 Å². The summed E-state index contributed by atoms with van der Waals surface area (Å²) in [4.78, 5) is 34.3. The number of amides is 2. The van der Waals surface area contributed by atoms with Crippen LogP contribution < -0.4 is 15.6 Å². The van der Waals surface area contributed by atoms with E-state index in [2.05, 4.69) is 10.9 Å². The molecule has 0 saturated heterocycles. The number of hydrogen-bond acceptors (Lipinski definition) is 5. The van der Waals surface area contributed by atoms with Crippen molar-refractivity contribution in [1.29, 1.82) is 0 Å². The largest absolute Gasteiger partial charge is 0.481 e. The minimum absolute atomic E-state index is 0.129. The van der Waals surface area contributed by atoms with Crippen LogP contribution >= 0.6 is 0 Å². The number of non-ortho nitro benzene ring substituents is 1. The third kappa shape index (κ3) is 5.20. The van der Waals surface area contributed by atoms with Crippen LogP contribution in [0, 0.1) is 10.1 Å². The zero-order valence-corrected chi connectivity index (χ0v) is 16.1. The van der Waals surface area contributed by atoms with Gasteiger partial charge in [-0.15, -0.1) is 0 Å². The molecule has 8 nitrogen and oxygen atoms in total. The van der Waals surface area contributed by atoms with Crippen molar-refractivity contribution < 1.29 is 19.2 Å². The Hall–Kier alpha value is -4.20. The van der Waals surface area contributed by atoms with Crippen molar-refractivity contribution in [3.8, 4) is 16.9 Å². The van der Waals surface area contributed by atoms with E-state index in [1.165, 1.54) is 24.3 Å². The summed E-state index contributed by atoms with van der Waals surface area (Å²) in [7, 11) is 0. The first-order valence-electron chi connectivity index (χ1n) is 9.11. The Bertz CT molecular complexity index is 1030. The summed E-state index contributed by atoms with van der Waals surface area (Å²) < 4.78 is 5.61. The fraction of sp³-hybridized carbons (Fsp3) is 0.0909. The molecule has 152 valence electrons. The van der Waals surface area contributed by atoms with Gasteiger partial charge in [0.25, 0.3) is 17.5 Å². The summed E-state index contributed by atoms with van der Waals surface area (Å²) >= 11 is 0. The zero-order chi connectivity index (χ0) is 21.5. The molecule has 0 aromatic heterocycles. The molecule has 3 aromatic carbocycles. The van der Waals surface area contributed by atoms with Crippen LogP contribution in [0.5, 0.6) is 5.75 Å². The van der Waals surface area contributed by atoms with Crippen molar-refractivity contribution in [2.45, 2.75) is 13.0 Å². The van der Waals surface area contributed by atoms with E-state index in [0.29, 0.717) is 5.75 Å². The van der Waals surface area contributed by atoms with Crippen molar-refractivity contribution in [3.63, 3.8) is 0 Å². The molecule has 0 bridgehead atoms. The average Bonchev–Trinajstić information content (AvgIpc) is 2.78. The second kappa shape index (κ2) is 9.33. The van der Waals surface area contributed by atoms with Gasteiger partial charge in [-0.25, -0.2) is 0 Å². The second-order valence-electron chi connectivity index (χ2n) is 6.40. The molecule has 1 unspecified atom stereocenters. The van der Waals surface area contributed by atoms with E-state index in [9.17, 15) is 19.7 Å². The number of rotatable bonds is 6. The van der Waals surface area contributed by atoms with Gasteiger partial charge in [-0.05, 0) is 42.3 Å². The molecule has 2 amide bonds. The minimum Gasteiger partial charge on any atom is -0.481 e. The van der Waals surface area contributed by atoms with Gasteiger partial charge in [0.2, 0.25) is 0 Å². The van der Waals surface area contributed by atoms with Crippen LogP contribution in [0.15, 0.2) is 78.9 Å². The summed E-state index contributed by atoms with van der Waals surface area (Å²) in [5, 5.41) is 10.6. The molecule has 0 saturated carbocycles. The average molecular weight is 405 g/mol. The number of hydrazine groups is 1. The van der Waals surface area contributed by atoms with Crippen LogP contribution in [0.3, 0.4) is 0 Å². The number of carbonyl (C=O) groups excluding carboxylic acids is 2. The Kier molecular flexibility index (Phi) is 6.39. The Morgan fingerprint density at radius 3 is 2.07 bits per heavy atom. The molecule has 8 heteroatoms. The lowest BCUT2D eigenvalue weighted by molar-refractivity contribution is -0.384. The summed E-state index contributed by atoms with van der Waals surface area (Å²) in [6, 6.07) is 22.2. The Morgan fingerprint density at radius 2 is 1.47 bits per heavy atom. The molecule has 3 rings (SSSR count). The maximum atomic E-state index is 12.2. The van der Waals surface area contributed by atoms with Crippen LogP contribution in [0.1, 0.15) is 17.3 Å². The molecule has 0 radical (unpaired) electrons. The van der Waals surface area contributed by atoms with Crippen LogP contribution in [-0.4, -0.2) is 22.8 Å². The molecule has 0 aliphatic carbocycles. The number of ether oxygens (including phenoxy) is 1. The van der Waals surface area contributed by atoms with E-state index in [1.807, 2.05) is 42.5 Å². The Balaban J connectivity index is 1.52. The maximum Gasteiger partial charge on any atom is 0.279 e. The SMILES string of the molecule is CC(Oc1ccc(-c2ccccc2)cc1)C(=O)NNC(=O)c1ccc([N+](=O)[O-])cc1. The highest BCUT2D eigenvalue weighted by molar-refractivity contribution is 5.95. The third-order valence-electron chi connectivity index (χ3n) is 4.28. The predicted octanol–water partition coefficient (Wildman–Crippen LogP) is 3.49. The molecular weight excluding hydrogens is 386 g/mol. The smallest absolute Gasteiger partial charge is 0.279 e. The molecule has 0 aliphatic heterocycles. The molecule has 0 aliphatic rings. The van der Waals surface area contributed by atoms with Crippen molar-refractivity contribution in [3.05, 3.63) is 94.5 Å². The lowest BCUT2D eigenvalue weighted by Crippen LogP contribution is -2.47. The highest BCUT2D eigenvalue weighted by Gasteiger charge is 2.16. The molecule has 3 aromatic rings. The van der Waals surface area contributed by atoms with Crippen LogP contribution in [0.25, 0.3) is 11.1 Å². The van der Waals surface area contributed by atoms with Crippen molar-refractivity contribution in [2.24, 2.45) is 0 Å². The summed E-state index contributed by atoms with van der Waals surface area (Å²) in [5.41, 5.74) is 6.67. The molecule has 0 spiro atoms. The monoisotopic (exact) mass is 405 g/mol. The number of carbonyl (C=O) groups is 2. The molecule has 2 N–H and O–H groups in total. The van der Waals surface area contributed by atoms with Crippen LogP contribution in [0.2, 0.25) is 0 Å². The number of nitro groups is 1. The quantitative estimate of drug-likeness (QED) is 0.482. The Labute approximate surface area is 172 Å². The van der Waals surface area contributed by atoms with Crippen molar-refractivity contribution in [2.75, 3.05) is 0 Å². The van der Waals surface area contributed by atoms with Gasteiger partial charge in [0.1, 0.15) is 5.75 Å². The van der Waals surface area contributed by atoms with Crippen LogP contribution in [-0.2, 0) is 4.79 Å². The molecule has 30 heavy (non-hydrogen) atoms. The van der Waals surface area contributed by atoms with E-state index in [-0.39, 0.29) is 11.3 Å². The standard InChI is InChI=1S/C22H19N3O5/c1-15(30-20-13-9-17(10-14-20)16-5-3-2-4-6-16)21(26)23-24-22(27)18-7-11-19(12-8-18)25(28)29/h2-15H,1H3,(H,23,26)(H,24,27). The lowest BCUT2D eigenvalue weighted by Gasteiger charge is -2.15. The number of nitrogens with zero attached hydrogens (tertiary/aromatic N) is 1. The third-order valence-corrected chi connectivity index (χ3v) is 4.28. The summed E-state index contributed by atoms with van der Waals surface area (Å²) in [6.45, 7) is 1.55. The highest BCUT2D eigenvalue weighted by atomic mass is 16.6. The van der Waals surface area contributed by atoms with Gasteiger partial charge in [-0.1, -0.05) is 42.5 Å². The highest BCUT2D eigenvalue weighted by Crippen LogP contribution is 2.22. The zero-order valence-electron chi connectivity index (χ0n) is 16.1. The number of nitro benzene ring substituents is 1. The first kappa shape index (κ1) is 20.5. The van der Waals surface area contributed by atoms with E-state index in [4.69, 9.17) is 4.74 Å². The van der Waals surface area contributed by atoms with Gasteiger partial charge >= 0.3 is 0 Å². The molecule has 1 atom stereocenters. The van der Waals surface area contributed by atoms with E-state index in [0.717, 1.165) is 11.1 Å². The van der Waals surface area contributed by atoms with Gasteiger partial charge in [0.05, 0.1) is 4.92 Å². The van der Waals surface area contributed by atoms with Crippen LogP contribution in [0.4, 0.5) is 5.69 Å². The number of benzene rings is 3. The first-order chi connectivity index (χ1) is 14.4. The molecule has 0 heterocycles. The summed E-state index contributed by atoms with van der Waals surface area (Å²) in [5.74, 6) is -0.630. The molecule has 0 fully saturated rings. The van der Waals surface area contributed by atoms with Gasteiger partial charge in [-0.3, -0.25) is 30.6 Å².